The Morgan fingerprint density at radius 3 is 1.26 bits per heavy atom. The number of fused-ring (bicyclic) bond motifs is 10. The Bertz CT molecular complexity index is 3090. The molecule has 6 N–H and O–H groups in total. The molecule has 2 aromatic heterocycles. The second kappa shape index (κ2) is 17.2. The highest BCUT2D eigenvalue weighted by atomic mass is 16.6. The predicted molar refractivity (Wildman–Crippen MR) is 281 cm³/mol. The van der Waals surface area contributed by atoms with Gasteiger partial charge in [-0.25, -0.2) is 9.59 Å². The van der Waals surface area contributed by atoms with E-state index in [0.717, 1.165) is 0 Å². The van der Waals surface area contributed by atoms with Gasteiger partial charge in [0.1, 0.15) is 47.1 Å². The van der Waals surface area contributed by atoms with E-state index in [4.69, 9.17) is 37.3 Å². The van der Waals surface area contributed by atoms with E-state index in [9.17, 15) is 49.8 Å². The summed E-state index contributed by atoms with van der Waals surface area (Å²) in [5.74, 6) is -12.2. The van der Waals surface area contributed by atoms with Crippen LogP contribution in [-0.4, -0.2) is 115 Å². The number of allylic oxidation sites excluding steroid dienone is 2. The van der Waals surface area contributed by atoms with Crippen LogP contribution in [0.4, 0.5) is 0 Å². The first-order chi connectivity index (χ1) is 38.2. The van der Waals surface area contributed by atoms with Crippen molar-refractivity contribution in [2.24, 2.45) is 68.0 Å². The van der Waals surface area contributed by atoms with Crippen LogP contribution in [0.5, 0.6) is 0 Å². The van der Waals surface area contributed by atoms with Crippen LogP contribution in [0.1, 0.15) is 144 Å². The Hall–Kier alpha value is -6.22. The van der Waals surface area contributed by atoms with E-state index in [1.807, 2.05) is 0 Å². The fourth-order valence-corrected chi connectivity index (χ4v) is 19.6. The van der Waals surface area contributed by atoms with Crippen molar-refractivity contribution in [3.63, 3.8) is 0 Å². The summed E-state index contributed by atoms with van der Waals surface area (Å²) in [4.78, 5) is 87.5. The molecule has 4 heterocycles. The van der Waals surface area contributed by atoms with E-state index in [1.54, 1.807) is 81.4 Å². The molecule has 20 heteroatoms. The van der Waals surface area contributed by atoms with Crippen molar-refractivity contribution in [2.45, 2.75) is 167 Å². The van der Waals surface area contributed by atoms with Gasteiger partial charge in [0, 0.05) is 67.6 Å². The summed E-state index contributed by atoms with van der Waals surface area (Å²) in [6.07, 6.45) is -0.934. The van der Waals surface area contributed by atoms with Crippen molar-refractivity contribution in [3.8, 4) is 0 Å². The molecule has 20 nitrogen and oxygen atoms in total. The lowest BCUT2D eigenvalue weighted by molar-refractivity contribution is -0.279. The van der Waals surface area contributed by atoms with Crippen LogP contribution in [0, 0.1) is 68.0 Å². The number of rotatable bonds is 11. The summed E-state index contributed by atoms with van der Waals surface area (Å²) in [7, 11) is 2.44. The minimum Gasteiger partial charge on any atom is -0.509 e. The molecule has 2 aliphatic heterocycles. The third kappa shape index (κ3) is 6.16. The number of aliphatic hydroxyl groups is 6. The number of cyclic esters (lactones) is 2. The maximum Gasteiger partial charge on any atom is 0.339 e. The molecule has 8 aliphatic carbocycles. The van der Waals surface area contributed by atoms with E-state index in [1.165, 1.54) is 39.3 Å². The highest BCUT2D eigenvalue weighted by Crippen LogP contribution is 2.83. The average Bonchev–Trinajstić information content (AvgIpc) is 1.46. The summed E-state index contributed by atoms with van der Waals surface area (Å²) in [5, 5.41) is 81.9. The van der Waals surface area contributed by atoms with E-state index in [-0.39, 0.29) is 73.7 Å². The number of hydrogen-bond donors (Lipinski definition) is 6. The Morgan fingerprint density at radius 1 is 0.598 bits per heavy atom. The summed E-state index contributed by atoms with van der Waals surface area (Å²) in [5.41, 5.74) is -19.5. The molecule has 0 radical (unpaired) electrons. The number of carbonyl (C=O) groups excluding carboxylic acids is 6. The zero-order valence-electron chi connectivity index (χ0n) is 48.3. The summed E-state index contributed by atoms with van der Waals surface area (Å²) in [6.45, 7) is 16.7. The monoisotopic (exact) mass is 1140 g/mol. The SMILES string of the molecule is COC(=O)CC1C2(C)CC3(O)C(O)(C(O)=C4C5=C(C6=C7C8=C(O)C9(O)C(OC(=O)C(C)C)C%10(C)CC9(O)C(C)(C8CCC7(C)C(c7ccoc7)OC6=O)C%10CC(=O)OC)C(=O)OC(c6ccoc6)C5(C)CCC4C13C)C2OC(=O)C(C)C. The number of furan rings is 2. The highest BCUT2D eigenvalue weighted by molar-refractivity contribution is 6.11. The molecule has 2 aromatic rings. The summed E-state index contributed by atoms with van der Waals surface area (Å²) >= 11 is 0. The molecule has 18 atom stereocenters. The van der Waals surface area contributed by atoms with Gasteiger partial charge in [-0.3, -0.25) is 19.2 Å². The molecule has 0 spiro atoms. The molecule has 4 bridgehead atoms. The number of esters is 6. The van der Waals surface area contributed by atoms with E-state index in [0.29, 0.717) is 11.1 Å². The minimum absolute atomic E-state index is 0.0148. The summed E-state index contributed by atoms with van der Waals surface area (Å²) < 4.78 is 47.4. The zero-order valence-corrected chi connectivity index (χ0v) is 48.3. The van der Waals surface area contributed by atoms with Crippen molar-refractivity contribution in [1.82, 2.24) is 0 Å². The first kappa shape index (κ1) is 56.3. The van der Waals surface area contributed by atoms with Crippen molar-refractivity contribution in [1.29, 1.82) is 0 Å². The topological polar surface area (TPSA) is 305 Å². The smallest absolute Gasteiger partial charge is 0.339 e. The van der Waals surface area contributed by atoms with E-state index >= 15 is 9.59 Å². The molecule has 442 valence electrons. The van der Waals surface area contributed by atoms with Gasteiger partial charge in [-0.2, -0.15) is 0 Å². The van der Waals surface area contributed by atoms with Crippen LogP contribution in [0.25, 0.3) is 0 Å². The number of hydrogen-bond acceptors (Lipinski definition) is 20. The lowest BCUT2D eigenvalue weighted by Gasteiger charge is -2.66. The molecule has 6 fully saturated rings. The molecule has 12 rings (SSSR count). The standard InChI is InChI=1S/C62H74O20/c1-27(2)47(67)81-51-55(7)25-59(71)57(9,33(55)21-35(63)75-11)31-13-17-53(5)41(37(31)43(65)61(51,59)73)39(49(69)79-45(53)29-15-19-77-23-29)40-42-38-32(14-18-54(42,6)46(80-50(40)70)30-16-20-78-24-30)58(10)34(22-36(64)76-12)56(8)26-60(58,72)62(74,44(38)66)52(56)82-48(68)28(3)4/h15-16,19-20,23-24,27-28,31-34,45-46,51-52,65-66,71-74H,13-14,17-18,21-22,25-26H2,1-12H3. The minimum atomic E-state index is -2.83. The van der Waals surface area contributed by atoms with Gasteiger partial charge in [-0.15, -0.1) is 0 Å². The molecule has 18 unspecified atom stereocenters. The number of carbonyl (C=O) groups is 6. The van der Waals surface area contributed by atoms with Gasteiger partial charge in [0.25, 0.3) is 0 Å². The fourth-order valence-electron chi connectivity index (χ4n) is 19.6. The largest absolute Gasteiger partial charge is 0.509 e. The average molecular weight is 1140 g/mol. The van der Waals surface area contributed by atoms with Gasteiger partial charge in [-0.1, -0.05) is 69.2 Å². The predicted octanol–water partition coefficient (Wildman–Crippen LogP) is 7.12. The van der Waals surface area contributed by atoms with Gasteiger partial charge in [0.15, 0.2) is 11.2 Å². The quantitative estimate of drug-likeness (QED) is 0.0963. The second-order valence-electron chi connectivity index (χ2n) is 27.5. The fraction of sp³-hybridized carbons (Fsp3) is 0.645. The van der Waals surface area contributed by atoms with Crippen LogP contribution in [0.2, 0.25) is 0 Å². The maximum atomic E-state index is 16.1. The van der Waals surface area contributed by atoms with Gasteiger partial charge >= 0.3 is 35.8 Å². The normalized spacial score (nSPS) is 44.7. The van der Waals surface area contributed by atoms with Crippen LogP contribution in [-0.2, 0) is 57.2 Å². The third-order valence-electron chi connectivity index (χ3n) is 23.3. The number of methoxy groups -OCH3 is 2. The van der Waals surface area contributed by atoms with Crippen LogP contribution in [0.15, 0.2) is 91.0 Å². The van der Waals surface area contributed by atoms with Crippen LogP contribution >= 0.6 is 0 Å². The molecule has 82 heavy (non-hydrogen) atoms. The lowest BCUT2D eigenvalue weighted by atomic mass is 9.41. The molecular formula is C62H74O20. The lowest BCUT2D eigenvalue weighted by Crippen LogP contribution is -2.75. The third-order valence-corrected chi connectivity index (χ3v) is 23.3. The van der Waals surface area contributed by atoms with Crippen molar-refractivity contribution in [3.05, 3.63) is 93.3 Å². The molecule has 10 aliphatic rings. The molecular weight excluding hydrogens is 1060 g/mol. The Morgan fingerprint density at radius 2 is 0.951 bits per heavy atom. The second-order valence-corrected chi connectivity index (χ2v) is 27.5. The number of ether oxygens (including phenoxy) is 6. The Kier molecular flexibility index (Phi) is 11.8. The molecule has 0 saturated heterocycles. The van der Waals surface area contributed by atoms with Gasteiger partial charge in [-0.05, 0) is 85.5 Å². The molecule has 6 saturated carbocycles. The van der Waals surface area contributed by atoms with Crippen LogP contribution < -0.4 is 0 Å². The zero-order chi connectivity index (χ0) is 59.6. The maximum absolute atomic E-state index is 16.1. The van der Waals surface area contributed by atoms with E-state index < -0.39 is 173 Å². The first-order valence-electron chi connectivity index (χ1n) is 28.5. The van der Waals surface area contributed by atoms with Crippen LogP contribution in [0.3, 0.4) is 0 Å². The molecule has 0 aromatic carbocycles. The van der Waals surface area contributed by atoms with Crippen molar-refractivity contribution < 1.29 is 96.7 Å². The Balaban J connectivity index is 1.22. The van der Waals surface area contributed by atoms with E-state index in [2.05, 4.69) is 0 Å². The van der Waals surface area contributed by atoms with Crippen molar-refractivity contribution in [2.75, 3.05) is 14.2 Å². The van der Waals surface area contributed by atoms with Crippen molar-refractivity contribution >= 4 is 35.8 Å². The summed E-state index contributed by atoms with van der Waals surface area (Å²) in [6, 6.07) is 3.21. The Labute approximate surface area is 473 Å². The first-order valence-corrected chi connectivity index (χ1v) is 28.5. The van der Waals surface area contributed by atoms with Gasteiger partial charge < -0.3 is 67.9 Å². The number of aliphatic hydroxyl groups excluding tert-OH is 2. The van der Waals surface area contributed by atoms with Gasteiger partial charge in [0.2, 0.25) is 0 Å². The highest BCUT2D eigenvalue weighted by Gasteiger charge is 2.91. The van der Waals surface area contributed by atoms with Gasteiger partial charge in [0.05, 0.1) is 62.3 Å². The molecule has 0 amide bonds.